The Bertz CT molecular complexity index is 332. The Morgan fingerprint density at radius 1 is 1.44 bits per heavy atom. The van der Waals surface area contributed by atoms with Gasteiger partial charge in [0.05, 0.1) is 18.8 Å². The fourth-order valence-corrected chi connectivity index (χ4v) is 3.31. The van der Waals surface area contributed by atoms with Crippen LogP contribution in [0.25, 0.3) is 0 Å². The minimum atomic E-state index is -0.822. The van der Waals surface area contributed by atoms with Gasteiger partial charge in [0.1, 0.15) is 0 Å². The van der Waals surface area contributed by atoms with E-state index in [4.69, 9.17) is 16.2 Å². The summed E-state index contributed by atoms with van der Waals surface area (Å²) in [5.41, 5.74) is 10.8. The maximum absolute atomic E-state index is 11.5. The van der Waals surface area contributed by atoms with Gasteiger partial charge in [-0.25, -0.2) is 0 Å². The summed E-state index contributed by atoms with van der Waals surface area (Å²) in [5.74, 6) is -0.363. The van der Waals surface area contributed by atoms with E-state index in [-0.39, 0.29) is 11.4 Å². The van der Waals surface area contributed by atoms with Gasteiger partial charge in [0.15, 0.2) is 0 Å². The number of morpholine rings is 1. The summed E-state index contributed by atoms with van der Waals surface area (Å²) in [6.07, 6.45) is 3.45. The van der Waals surface area contributed by atoms with Gasteiger partial charge >= 0.3 is 0 Å². The fourth-order valence-electron chi connectivity index (χ4n) is 3.31. The van der Waals surface area contributed by atoms with E-state index in [0.29, 0.717) is 18.9 Å². The molecule has 2 fully saturated rings. The molecule has 0 aromatic heterocycles. The van der Waals surface area contributed by atoms with Gasteiger partial charge in [-0.05, 0) is 39.5 Å². The summed E-state index contributed by atoms with van der Waals surface area (Å²) >= 11 is 0. The van der Waals surface area contributed by atoms with Crippen LogP contribution in [0.1, 0.15) is 39.5 Å². The van der Waals surface area contributed by atoms with Gasteiger partial charge in [-0.15, -0.1) is 0 Å². The van der Waals surface area contributed by atoms with Gasteiger partial charge in [-0.2, -0.15) is 0 Å². The summed E-state index contributed by atoms with van der Waals surface area (Å²) < 4.78 is 5.54. The van der Waals surface area contributed by atoms with Crippen molar-refractivity contribution in [2.45, 2.75) is 56.7 Å². The summed E-state index contributed by atoms with van der Waals surface area (Å²) in [6.45, 7) is 6.77. The van der Waals surface area contributed by atoms with Crippen LogP contribution < -0.4 is 11.5 Å². The number of hydrogen-bond donors (Lipinski definition) is 2. The summed E-state index contributed by atoms with van der Waals surface area (Å²) in [4.78, 5) is 14.0. The number of ether oxygens (including phenoxy) is 1. The highest BCUT2D eigenvalue weighted by molar-refractivity contribution is 5.84. The molecule has 104 valence electrons. The van der Waals surface area contributed by atoms with Gasteiger partial charge in [-0.3, -0.25) is 9.69 Å². The highest BCUT2D eigenvalue weighted by Gasteiger charge is 2.43. The molecular formula is C13H25N3O2. The van der Waals surface area contributed by atoms with Crippen molar-refractivity contribution in [2.24, 2.45) is 11.5 Å². The summed E-state index contributed by atoms with van der Waals surface area (Å²) in [6, 6.07) is 0.343. The van der Waals surface area contributed by atoms with Crippen molar-refractivity contribution in [3.8, 4) is 0 Å². The summed E-state index contributed by atoms with van der Waals surface area (Å²) in [7, 11) is 0. The number of nitrogens with two attached hydrogens (primary N) is 2. The normalized spacial score (nSPS) is 37.4. The quantitative estimate of drug-likeness (QED) is 0.739. The first-order chi connectivity index (χ1) is 8.35. The van der Waals surface area contributed by atoms with Gasteiger partial charge in [0.2, 0.25) is 5.91 Å². The third kappa shape index (κ3) is 2.53. The fraction of sp³-hybridized carbons (Fsp3) is 0.923. The van der Waals surface area contributed by atoms with Gasteiger partial charge in [-0.1, -0.05) is 0 Å². The van der Waals surface area contributed by atoms with Crippen molar-refractivity contribution >= 4 is 5.91 Å². The maximum Gasteiger partial charge on any atom is 0.237 e. The van der Waals surface area contributed by atoms with Crippen LogP contribution in [-0.2, 0) is 9.53 Å². The molecule has 1 saturated heterocycles. The molecule has 0 bridgehead atoms. The lowest BCUT2D eigenvalue weighted by Crippen LogP contribution is -2.63. The van der Waals surface area contributed by atoms with Crippen LogP contribution in [0.4, 0.5) is 0 Å². The van der Waals surface area contributed by atoms with E-state index < -0.39 is 5.54 Å². The zero-order valence-corrected chi connectivity index (χ0v) is 11.4. The smallest absolute Gasteiger partial charge is 0.237 e. The molecule has 1 aliphatic heterocycles. The van der Waals surface area contributed by atoms with Crippen molar-refractivity contribution in [1.82, 2.24) is 4.90 Å². The van der Waals surface area contributed by atoms with Crippen molar-refractivity contribution in [3.63, 3.8) is 0 Å². The van der Waals surface area contributed by atoms with E-state index in [0.717, 1.165) is 32.6 Å². The molecule has 5 nitrogen and oxygen atoms in total. The Labute approximate surface area is 109 Å². The lowest BCUT2D eigenvalue weighted by atomic mass is 9.77. The SMILES string of the molecule is CC1(C)COCCN1C1CCCC(N)(C(N)=O)C1. The molecule has 0 spiro atoms. The minimum Gasteiger partial charge on any atom is -0.378 e. The second-order valence-corrected chi connectivity index (χ2v) is 6.33. The third-order valence-electron chi connectivity index (χ3n) is 4.40. The third-order valence-corrected chi connectivity index (χ3v) is 4.40. The van der Waals surface area contributed by atoms with Gasteiger partial charge in [0, 0.05) is 18.1 Å². The van der Waals surface area contributed by atoms with Crippen LogP contribution in [0.5, 0.6) is 0 Å². The molecule has 2 rings (SSSR count). The van der Waals surface area contributed by atoms with E-state index in [9.17, 15) is 4.79 Å². The van der Waals surface area contributed by atoms with Crippen molar-refractivity contribution in [3.05, 3.63) is 0 Å². The van der Waals surface area contributed by atoms with E-state index >= 15 is 0 Å². The number of nitrogens with zero attached hydrogens (tertiary/aromatic N) is 1. The average Bonchev–Trinajstić information content (AvgIpc) is 2.28. The van der Waals surface area contributed by atoms with Crippen molar-refractivity contribution in [1.29, 1.82) is 0 Å². The van der Waals surface area contributed by atoms with Crippen LogP contribution in [0.2, 0.25) is 0 Å². The molecule has 0 aromatic rings. The highest BCUT2D eigenvalue weighted by Crippen LogP contribution is 2.33. The predicted octanol–water partition coefficient (Wildman–Crippen LogP) is 0.223. The molecular weight excluding hydrogens is 230 g/mol. The largest absolute Gasteiger partial charge is 0.378 e. The van der Waals surface area contributed by atoms with E-state index in [1.165, 1.54) is 0 Å². The van der Waals surface area contributed by atoms with E-state index in [1.54, 1.807) is 0 Å². The second kappa shape index (κ2) is 4.79. The van der Waals surface area contributed by atoms with Crippen LogP contribution in [0.15, 0.2) is 0 Å². The molecule has 1 heterocycles. The standard InChI is InChI=1S/C13H25N3O2/c1-12(2)9-18-7-6-16(12)10-4-3-5-13(15,8-10)11(14)17/h10H,3-9,15H2,1-2H3,(H2,14,17). The van der Waals surface area contributed by atoms with Crippen LogP contribution in [-0.4, -0.2) is 47.7 Å². The number of carbonyl (C=O) groups excluding carboxylic acids is 1. The van der Waals surface area contributed by atoms with E-state index in [2.05, 4.69) is 18.7 Å². The van der Waals surface area contributed by atoms with Gasteiger partial charge < -0.3 is 16.2 Å². The Morgan fingerprint density at radius 2 is 2.17 bits per heavy atom. The van der Waals surface area contributed by atoms with Crippen molar-refractivity contribution in [2.75, 3.05) is 19.8 Å². The Kier molecular flexibility index (Phi) is 3.67. The van der Waals surface area contributed by atoms with Crippen LogP contribution >= 0.6 is 0 Å². The first-order valence-electron chi connectivity index (χ1n) is 6.78. The average molecular weight is 255 g/mol. The number of rotatable bonds is 2. The number of carbonyl (C=O) groups is 1. The zero-order valence-electron chi connectivity index (χ0n) is 11.4. The maximum atomic E-state index is 11.5. The highest BCUT2D eigenvalue weighted by atomic mass is 16.5. The molecule has 1 saturated carbocycles. The minimum absolute atomic E-state index is 0.0127. The molecule has 5 heteroatoms. The molecule has 0 radical (unpaired) electrons. The molecule has 1 aliphatic carbocycles. The Hall–Kier alpha value is -0.650. The predicted molar refractivity (Wildman–Crippen MR) is 70.0 cm³/mol. The molecule has 4 N–H and O–H groups in total. The molecule has 2 unspecified atom stereocenters. The monoisotopic (exact) mass is 255 g/mol. The molecule has 0 aromatic carbocycles. The zero-order chi connectivity index (χ0) is 13.4. The first-order valence-corrected chi connectivity index (χ1v) is 6.78. The van der Waals surface area contributed by atoms with E-state index in [1.807, 2.05) is 0 Å². The molecule has 2 aliphatic rings. The number of hydrogen-bond acceptors (Lipinski definition) is 4. The van der Waals surface area contributed by atoms with Crippen molar-refractivity contribution < 1.29 is 9.53 Å². The first kappa shape index (κ1) is 13.8. The molecule has 18 heavy (non-hydrogen) atoms. The van der Waals surface area contributed by atoms with Crippen LogP contribution in [0.3, 0.4) is 0 Å². The van der Waals surface area contributed by atoms with Gasteiger partial charge in [0.25, 0.3) is 0 Å². The Morgan fingerprint density at radius 3 is 2.78 bits per heavy atom. The summed E-state index contributed by atoms with van der Waals surface area (Å²) in [5, 5.41) is 0. The number of primary amides is 1. The number of amides is 1. The van der Waals surface area contributed by atoms with Crippen LogP contribution in [0, 0.1) is 0 Å². The lowest BCUT2D eigenvalue weighted by molar-refractivity contribution is -0.127. The molecule has 1 amide bonds. The topological polar surface area (TPSA) is 81.6 Å². The second-order valence-electron chi connectivity index (χ2n) is 6.33. The Balaban J connectivity index is 2.11. The molecule has 2 atom stereocenters. The lowest BCUT2D eigenvalue weighted by Gasteiger charge is -2.50.